The lowest BCUT2D eigenvalue weighted by Crippen LogP contribution is -2.27. The molecule has 2 rings (SSSR count). The largest absolute Gasteiger partial charge is 0.359 e. The summed E-state index contributed by atoms with van der Waals surface area (Å²) in [5.41, 5.74) is 3.72. The summed E-state index contributed by atoms with van der Waals surface area (Å²) in [4.78, 5) is 25.4. The summed E-state index contributed by atoms with van der Waals surface area (Å²) >= 11 is 0. The average molecular weight is 273 g/mol. The van der Waals surface area contributed by atoms with Crippen molar-refractivity contribution in [3.8, 4) is 0 Å². The molecule has 0 atom stereocenters. The Labute approximate surface area is 117 Å². The molecule has 0 bridgehead atoms. The average Bonchev–Trinajstić information content (AvgIpc) is 2.76. The number of hydrogen-bond donors (Lipinski definition) is 3. The van der Waals surface area contributed by atoms with Crippen molar-refractivity contribution in [1.82, 2.24) is 15.6 Å². The number of amides is 2. The molecule has 0 saturated heterocycles. The molecule has 1 aromatic carbocycles. The van der Waals surface area contributed by atoms with Gasteiger partial charge < -0.3 is 15.6 Å². The van der Waals surface area contributed by atoms with Gasteiger partial charge in [-0.05, 0) is 38.0 Å². The third-order valence-electron chi connectivity index (χ3n) is 3.31. The molecule has 0 aliphatic carbocycles. The first-order chi connectivity index (χ1) is 9.63. The van der Waals surface area contributed by atoms with Gasteiger partial charge >= 0.3 is 0 Å². The fourth-order valence-electron chi connectivity index (χ4n) is 2.21. The van der Waals surface area contributed by atoms with Crippen LogP contribution in [0.4, 0.5) is 0 Å². The molecule has 0 aliphatic rings. The summed E-state index contributed by atoms with van der Waals surface area (Å²) in [5.74, 6) is -0.109. The lowest BCUT2D eigenvalue weighted by molar-refractivity contribution is -0.109. The van der Waals surface area contributed by atoms with Crippen LogP contribution in [0, 0.1) is 13.8 Å². The first-order valence-electron chi connectivity index (χ1n) is 6.67. The maximum atomic E-state index is 12.1. The lowest BCUT2D eigenvalue weighted by Gasteiger charge is -2.04. The first kappa shape index (κ1) is 14.1. The summed E-state index contributed by atoms with van der Waals surface area (Å²) in [6.07, 6.45) is 1.37. The fourth-order valence-corrected chi connectivity index (χ4v) is 2.21. The van der Waals surface area contributed by atoms with Gasteiger partial charge in [-0.1, -0.05) is 11.6 Å². The summed E-state index contributed by atoms with van der Waals surface area (Å²) in [5, 5.41) is 6.49. The zero-order valence-corrected chi connectivity index (χ0v) is 11.7. The van der Waals surface area contributed by atoms with Crippen LogP contribution < -0.4 is 10.6 Å². The Morgan fingerprint density at radius 2 is 2.10 bits per heavy atom. The van der Waals surface area contributed by atoms with Gasteiger partial charge in [0.2, 0.25) is 6.41 Å². The lowest BCUT2D eigenvalue weighted by atomic mass is 10.1. The second kappa shape index (κ2) is 6.23. The molecule has 5 nitrogen and oxygen atoms in total. The van der Waals surface area contributed by atoms with Crippen molar-refractivity contribution in [3.63, 3.8) is 0 Å². The van der Waals surface area contributed by atoms with E-state index in [-0.39, 0.29) is 5.91 Å². The smallest absolute Gasteiger partial charge is 0.268 e. The van der Waals surface area contributed by atoms with Gasteiger partial charge in [-0.2, -0.15) is 0 Å². The van der Waals surface area contributed by atoms with E-state index in [1.807, 2.05) is 26.0 Å². The normalized spacial score (nSPS) is 10.5. The van der Waals surface area contributed by atoms with Crippen molar-refractivity contribution >= 4 is 23.2 Å². The van der Waals surface area contributed by atoms with Crippen molar-refractivity contribution in [2.75, 3.05) is 13.1 Å². The third-order valence-corrected chi connectivity index (χ3v) is 3.31. The molecule has 3 N–H and O–H groups in total. The number of rotatable bonds is 6. The molecule has 1 aromatic heterocycles. The van der Waals surface area contributed by atoms with Crippen LogP contribution in [0.5, 0.6) is 0 Å². The highest BCUT2D eigenvalue weighted by molar-refractivity contribution is 6.00. The highest BCUT2D eigenvalue weighted by Gasteiger charge is 2.14. The SMILES string of the molecule is Cc1ccc2[nH]c(C(=O)NCCCNC=O)c(C)c2c1. The van der Waals surface area contributed by atoms with Crippen molar-refractivity contribution in [3.05, 3.63) is 35.0 Å². The topological polar surface area (TPSA) is 74.0 Å². The van der Waals surface area contributed by atoms with Gasteiger partial charge in [0.25, 0.3) is 5.91 Å². The van der Waals surface area contributed by atoms with Crippen LogP contribution in [0.3, 0.4) is 0 Å². The predicted octanol–water partition coefficient (Wildman–Crippen LogP) is 1.65. The Kier molecular flexibility index (Phi) is 4.40. The highest BCUT2D eigenvalue weighted by atomic mass is 16.2. The van der Waals surface area contributed by atoms with E-state index < -0.39 is 0 Å². The molecule has 2 amide bonds. The van der Waals surface area contributed by atoms with E-state index in [9.17, 15) is 9.59 Å². The number of H-pyrrole nitrogens is 1. The minimum Gasteiger partial charge on any atom is -0.359 e. The van der Waals surface area contributed by atoms with E-state index in [0.29, 0.717) is 31.6 Å². The summed E-state index contributed by atoms with van der Waals surface area (Å²) in [6, 6.07) is 6.08. The van der Waals surface area contributed by atoms with Crippen LogP contribution in [0.2, 0.25) is 0 Å². The van der Waals surface area contributed by atoms with Crippen molar-refractivity contribution in [1.29, 1.82) is 0 Å². The van der Waals surface area contributed by atoms with Crippen LogP contribution in [0.15, 0.2) is 18.2 Å². The van der Waals surface area contributed by atoms with Crippen molar-refractivity contribution in [2.45, 2.75) is 20.3 Å². The molecule has 106 valence electrons. The van der Waals surface area contributed by atoms with Gasteiger partial charge in [0.05, 0.1) is 0 Å². The molecule has 5 heteroatoms. The Morgan fingerprint density at radius 3 is 2.85 bits per heavy atom. The van der Waals surface area contributed by atoms with E-state index in [2.05, 4.69) is 21.7 Å². The zero-order chi connectivity index (χ0) is 14.5. The maximum Gasteiger partial charge on any atom is 0.268 e. The minimum atomic E-state index is -0.109. The van der Waals surface area contributed by atoms with Crippen molar-refractivity contribution in [2.24, 2.45) is 0 Å². The van der Waals surface area contributed by atoms with Crippen LogP contribution in [0.1, 0.15) is 28.0 Å². The molecule has 0 radical (unpaired) electrons. The Morgan fingerprint density at radius 1 is 1.30 bits per heavy atom. The van der Waals surface area contributed by atoms with Gasteiger partial charge in [-0.15, -0.1) is 0 Å². The molecule has 20 heavy (non-hydrogen) atoms. The molecule has 0 saturated carbocycles. The predicted molar refractivity (Wildman–Crippen MR) is 78.8 cm³/mol. The molecule has 0 fully saturated rings. The Balaban J connectivity index is 2.06. The molecule has 0 spiro atoms. The number of benzene rings is 1. The standard InChI is InChI=1S/C15H19N3O2/c1-10-4-5-13-12(8-10)11(2)14(18-13)15(20)17-7-3-6-16-9-19/h4-5,8-9,18H,3,6-7H2,1-2H3,(H,16,19)(H,17,20). The number of carbonyl (C=O) groups excluding carboxylic acids is 2. The second-order valence-corrected chi connectivity index (χ2v) is 4.86. The van der Waals surface area contributed by atoms with Gasteiger partial charge in [-0.25, -0.2) is 0 Å². The third kappa shape index (κ3) is 2.99. The Hall–Kier alpha value is -2.30. The van der Waals surface area contributed by atoms with E-state index in [1.54, 1.807) is 0 Å². The van der Waals surface area contributed by atoms with Crippen LogP contribution in [-0.2, 0) is 4.79 Å². The number of nitrogens with one attached hydrogen (secondary N) is 3. The quantitative estimate of drug-likeness (QED) is 0.553. The van der Waals surface area contributed by atoms with Gasteiger partial charge in [-0.3, -0.25) is 9.59 Å². The van der Waals surface area contributed by atoms with E-state index in [4.69, 9.17) is 0 Å². The molecular formula is C15H19N3O2. The molecule has 0 aliphatic heterocycles. The van der Waals surface area contributed by atoms with E-state index >= 15 is 0 Å². The van der Waals surface area contributed by atoms with Crippen LogP contribution in [-0.4, -0.2) is 30.4 Å². The van der Waals surface area contributed by atoms with E-state index in [0.717, 1.165) is 16.5 Å². The number of aryl methyl sites for hydroxylation is 2. The molecule has 0 unspecified atom stereocenters. The molecule has 2 aromatic rings. The summed E-state index contributed by atoms with van der Waals surface area (Å²) < 4.78 is 0. The number of aromatic amines is 1. The van der Waals surface area contributed by atoms with Gasteiger partial charge in [0, 0.05) is 24.0 Å². The summed E-state index contributed by atoms with van der Waals surface area (Å²) in [7, 11) is 0. The number of fused-ring (bicyclic) bond motifs is 1. The van der Waals surface area contributed by atoms with Gasteiger partial charge in [0.1, 0.15) is 5.69 Å². The Bertz CT molecular complexity index is 631. The maximum absolute atomic E-state index is 12.1. The fraction of sp³-hybridized carbons (Fsp3) is 0.333. The van der Waals surface area contributed by atoms with Gasteiger partial charge in [0.15, 0.2) is 0 Å². The molecule has 1 heterocycles. The second-order valence-electron chi connectivity index (χ2n) is 4.86. The van der Waals surface area contributed by atoms with Crippen LogP contribution >= 0.6 is 0 Å². The van der Waals surface area contributed by atoms with E-state index in [1.165, 1.54) is 5.56 Å². The monoisotopic (exact) mass is 273 g/mol. The zero-order valence-electron chi connectivity index (χ0n) is 11.7. The van der Waals surface area contributed by atoms with Crippen molar-refractivity contribution < 1.29 is 9.59 Å². The number of aromatic nitrogens is 1. The highest BCUT2D eigenvalue weighted by Crippen LogP contribution is 2.22. The number of carbonyl (C=O) groups is 2. The summed E-state index contributed by atoms with van der Waals surface area (Å²) in [6.45, 7) is 5.08. The van der Waals surface area contributed by atoms with Crippen LogP contribution in [0.25, 0.3) is 10.9 Å². The molecular weight excluding hydrogens is 254 g/mol. The minimum absolute atomic E-state index is 0.109. The first-order valence-corrected chi connectivity index (χ1v) is 6.67. The number of hydrogen-bond acceptors (Lipinski definition) is 2.